The lowest BCUT2D eigenvalue weighted by Crippen LogP contribution is -2.04. The molecule has 1 aromatic heterocycles. The van der Waals surface area contributed by atoms with Crippen molar-refractivity contribution < 1.29 is 13.9 Å². The molecule has 1 heterocycles. The smallest absolute Gasteiger partial charge is 0.208 e. The van der Waals surface area contributed by atoms with E-state index in [1.165, 1.54) is 0 Å². The molecule has 0 aliphatic heterocycles. The molecule has 0 amide bonds. The zero-order chi connectivity index (χ0) is 13.0. The minimum Gasteiger partial charge on any atom is -0.493 e. The highest BCUT2D eigenvalue weighted by Crippen LogP contribution is 2.37. The summed E-state index contributed by atoms with van der Waals surface area (Å²) in [6.45, 7) is 0.590. The highest BCUT2D eigenvalue weighted by molar-refractivity contribution is 5.69. The number of hydrogen-bond donors (Lipinski definition) is 1. The molecular weight excluding hydrogens is 232 g/mol. The van der Waals surface area contributed by atoms with E-state index in [-0.39, 0.29) is 0 Å². The normalized spacial score (nSPS) is 10.4. The molecule has 0 aliphatic rings. The molecule has 5 heteroatoms. The molecule has 96 valence electrons. The molecule has 0 bridgehead atoms. The van der Waals surface area contributed by atoms with Crippen molar-refractivity contribution in [2.75, 3.05) is 21.3 Å². The van der Waals surface area contributed by atoms with E-state index in [4.69, 9.17) is 13.9 Å². The Labute approximate surface area is 106 Å². The van der Waals surface area contributed by atoms with Crippen LogP contribution in [0.15, 0.2) is 28.8 Å². The molecule has 0 saturated heterocycles. The van der Waals surface area contributed by atoms with E-state index >= 15 is 0 Å². The number of nitrogens with zero attached hydrogens (tertiary/aromatic N) is 1. The number of oxazole rings is 1. The van der Waals surface area contributed by atoms with Gasteiger partial charge in [0.05, 0.1) is 32.5 Å². The lowest BCUT2D eigenvalue weighted by Gasteiger charge is -2.10. The van der Waals surface area contributed by atoms with Crippen molar-refractivity contribution in [1.82, 2.24) is 10.3 Å². The number of rotatable bonds is 5. The number of methoxy groups -OCH3 is 2. The fourth-order valence-electron chi connectivity index (χ4n) is 1.75. The maximum atomic E-state index is 5.64. The second-order valence-corrected chi connectivity index (χ2v) is 3.69. The maximum absolute atomic E-state index is 5.64. The Balaban J connectivity index is 2.42. The number of nitrogens with one attached hydrogen (secondary N) is 1. The summed E-state index contributed by atoms with van der Waals surface area (Å²) in [4.78, 5) is 4.19. The first-order valence-corrected chi connectivity index (χ1v) is 5.60. The van der Waals surface area contributed by atoms with E-state index in [2.05, 4.69) is 10.3 Å². The van der Waals surface area contributed by atoms with Gasteiger partial charge in [0.1, 0.15) is 0 Å². The van der Waals surface area contributed by atoms with E-state index in [9.17, 15) is 0 Å². The molecule has 1 N–H and O–H groups in total. The van der Waals surface area contributed by atoms with Gasteiger partial charge in [0.25, 0.3) is 0 Å². The lowest BCUT2D eigenvalue weighted by molar-refractivity contribution is 0.355. The van der Waals surface area contributed by atoms with Gasteiger partial charge >= 0.3 is 0 Å². The molecule has 18 heavy (non-hydrogen) atoms. The molecule has 0 unspecified atom stereocenters. The van der Waals surface area contributed by atoms with E-state index in [1.807, 2.05) is 25.2 Å². The molecule has 0 spiro atoms. The van der Waals surface area contributed by atoms with Crippen molar-refractivity contribution in [3.05, 3.63) is 30.3 Å². The van der Waals surface area contributed by atoms with Crippen LogP contribution in [-0.4, -0.2) is 26.3 Å². The van der Waals surface area contributed by atoms with Crippen molar-refractivity contribution in [3.8, 4) is 22.8 Å². The quantitative estimate of drug-likeness (QED) is 0.878. The molecule has 0 atom stereocenters. The van der Waals surface area contributed by atoms with E-state index in [1.54, 1.807) is 20.4 Å². The van der Waals surface area contributed by atoms with Crippen molar-refractivity contribution >= 4 is 0 Å². The molecule has 0 saturated carbocycles. The molecule has 5 nitrogen and oxygen atoms in total. The average molecular weight is 248 g/mol. The second-order valence-electron chi connectivity index (χ2n) is 3.69. The molecule has 0 radical (unpaired) electrons. The van der Waals surface area contributed by atoms with Crippen LogP contribution in [0.25, 0.3) is 11.3 Å². The molecule has 2 aromatic rings. The number of benzene rings is 1. The summed E-state index contributed by atoms with van der Waals surface area (Å²) in [7, 11) is 5.05. The largest absolute Gasteiger partial charge is 0.493 e. The number of para-hydroxylation sites is 1. The van der Waals surface area contributed by atoms with Gasteiger partial charge in [0.15, 0.2) is 17.3 Å². The minimum absolute atomic E-state index is 0.590. The van der Waals surface area contributed by atoms with Crippen molar-refractivity contribution in [3.63, 3.8) is 0 Å². The van der Waals surface area contributed by atoms with Crippen LogP contribution in [-0.2, 0) is 6.54 Å². The Kier molecular flexibility index (Phi) is 3.84. The Morgan fingerprint density at radius 3 is 2.78 bits per heavy atom. The maximum Gasteiger partial charge on any atom is 0.208 e. The van der Waals surface area contributed by atoms with Gasteiger partial charge in [0.2, 0.25) is 5.89 Å². The van der Waals surface area contributed by atoms with Gasteiger partial charge < -0.3 is 19.2 Å². The highest BCUT2D eigenvalue weighted by Gasteiger charge is 2.14. The Bertz CT molecular complexity index is 523. The van der Waals surface area contributed by atoms with Gasteiger partial charge in [-0.15, -0.1) is 0 Å². The Hall–Kier alpha value is -2.01. The van der Waals surface area contributed by atoms with Gasteiger partial charge in [-0.25, -0.2) is 4.98 Å². The third-order valence-corrected chi connectivity index (χ3v) is 2.55. The first-order chi connectivity index (χ1) is 8.80. The van der Waals surface area contributed by atoms with Gasteiger partial charge in [-0.2, -0.15) is 0 Å². The fourth-order valence-corrected chi connectivity index (χ4v) is 1.75. The van der Waals surface area contributed by atoms with Crippen LogP contribution in [0.5, 0.6) is 11.5 Å². The van der Waals surface area contributed by atoms with Crippen LogP contribution in [0.2, 0.25) is 0 Å². The summed E-state index contributed by atoms with van der Waals surface area (Å²) in [5.74, 6) is 2.61. The summed E-state index contributed by atoms with van der Waals surface area (Å²) < 4.78 is 16.3. The summed E-state index contributed by atoms with van der Waals surface area (Å²) in [6.07, 6.45) is 1.68. The van der Waals surface area contributed by atoms with Crippen LogP contribution < -0.4 is 14.8 Å². The molecule has 0 aliphatic carbocycles. The third-order valence-electron chi connectivity index (χ3n) is 2.55. The summed E-state index contributed by atoms with van der Waals surface area (Å²) in [5, 5.41) is 2.99. The summed E-state index contributed by atoms with van der Waals surface area (Å²) in [5.41, 5.74) is 0.826. The first-order valence-electron chi connectivity index (χ1n) is 5.60. The van der Waals surface area contributed by atoms with Crippen molar-refractivity contribution in [2.45, 2.75) is 6.54 Å². The summed E-state index contributed by atoms with van der Waals surface area (Å²) >= 11 is 0. The van der Waals surface area contributed by atoms with Crippen molar-refractivity contribution in [1.29, 1.82) is 0 Å². The zero-order valence-corrected chi connectivity index (χ0v) is 10.7. The van der Waals surface area contributed by atoms with Crippen LogP contribution in [0.4, 0.5) is 0 Å². The molecule has 2 rings (SSSR count). The minimum atomic E-state index is 0.590. The Morgan fingerprint density at radius 2 is 2.11 bits per heavy atom. The number of ether oxygens (including phenoxy) is 2. The SMILES string of the molecule is CNCc1ncc(-c2cccc(OC)c2OC)o1. The topological polar surface area (TPSA) is 56.5 Å². The van der Waals surface area contributed by atoms with E-state index < -0.39 is 0 Å². The molecule has 0 fully saturated rings. The number of aromatic nitrogens is 1. The average Bonchev–Trinajstić information content (AvgIpc) is 2.86. The lowest BCUT2D eigenvalue weighted by atomic mass is 10.1. The first kappa shape index (κ1) is 12.4. The van der Waals surface area contributed by atoms with E-state index in [0.29, 0.717) is 29.7 Å². The second kappa shape index (κ2) is 5.55. The summed E-state index contributed by atoms with van der Waals surface area (Å²) in [6, 6.07) is 5.63. The van der Waals surface area contributed by atoms with Crippen molar-refractivity contribution in [2.24, 2.45) is 0 Å². The number of hydrogen-bond acceptors (Lipinski definition) is 5. The molecular formula is C13H16N2O3. The Morgan fingerprint density at radius 1 is 1.28 bits per heavy atom. The van der Waals surface area contributed by atoms with E-state index in [0.717, 1.165) is 5.56 Å². The van der Waals surface area contributed by atoms with Gasteiger partial charge in [-0.3, -0.25) is 0 Å². The standard InChI is InChI=1S/C13H16N2O3/c1-14-8-12-15-7-11(18-12)9-5-4-6-10(16-2)13(9)17-3/h4-7,14H,8H2,1-3H3. The van der Waals surface area contributed by atoms with Gasteiger partial charge in [0, 0.05) is 0 Å². The third kappa shape index (κ3) is 2.31. The van der Waals surface area contributed by atoms with Crippen LogP contribution >= 0.6 is 0 Å². The van der Waals surface area contributed by atoms with Crippen LogP contribution in [0, 0.1) is 0 Å². The van der Waals surface area contributed by atoms with Crippen LogP contribution in [0.3, 0.4) is 0 Å². The predicted molar refractivity (Wildman–Crippen MR) is 67.8 cm³/mol. The fraction of sp³-hybridized carbons (Fsp3) is 0.308. The highest BCUT2D eigenvalue weighted by atomic mass is 16.5. The predicted octanol–water partition coefficient (Wildman–Crippen LogP) is 2.08. The molecule has 1 aromatic carbocycles. The van der Waals surface area contributed by atoms with Gasteiger partial charge in [-0.05, 0) is 19.2 Å². The zero-order valence-electron chi connectivity index (χ0n) is 10.7. The van der Waals surface area contributed by atoms with Crippen LogP contribution in [0.1, 0.15) is 5.89 Å². The van der Waals surface area contributed by atoms with Gasteiger partial charge in [-0.1, -0.05) is 6.07 Å². The monoisotopic (exact) mass is 248 g/mol.